The van der Waals surface area contributed by atoms with Crippen molar-refractivity contribution in [1.29, 1.82) is 0 Å². The maximum Gasteiger partial charge on any atom is 0.317 e. The second-order valence-electron chi connectivity index (χ2n) is 7.91. The van der Waals surface area contributed by atoms with Crippen LogP contribution in [-0.2, 0) is 9.59 Å². The number of carbonyl (C=O) groups is 4. The van der Waals surface area contributed by atoms with E-state index >= 15 is 0 Å². The molecule has 0 fully saturated rings. The first-order chi connectivity index (χ1) is 16.4. The first kappa shape index (κ1) is 23.0. The van der Waals surface area contributed by atoms with Crippen LogP contribution in [0.4, 0.5) is 5.69 Å². The molecule has 0 radical (unpaired) electrons. The van der Waals surface area contributed by atoms with E-state index in [1.165, 1.54) is 25.2 Å². The van der Waals surface area contributed by atoms with Crippen molar-refractivity contribution in [3.63, 3.8) is 0 Å². The number of fused-ring (bicyclic) bond motifs is 1. The maximum absolute atomic E-state index is 13.4. The molecular formula is C26H24N2O6. The minimum atomic E-state index is -1.04. The molecule has 8 heteroatoms. The average molecular weight is 460 g/mol. The van der Waals surface area contributed by atoms with Crippen LogP contribution in [0.2, 0.25) is 0 Å². The molecule has 0 saturated carbocycles. The number of Topliss-reactive ketones (excluding diaryl/α,β-unsaturated/α-hetero) is 1. The van der Waals surface area contributed by atoms with E-state index in [0.29, 0.717) is 17.2 Å². The van der Waals surface area contributed by atoms with E-state index in [9.17, 15) is 19.2 Å². The highest BCUT2D eigenvalue weighted by Crippen LogP contribution is 2.39. The first-order valence-corrected chi connectivity index (χ1v) is 10.9. The van der Waals surface area contributed by atoms with Gasteiger partial charge in [-0.3, -0.25) is 24.1 Å². The number of nitrogens with one attached hydrogen (secondary N) is 1. The van der Waals surface area contributed by atoms with Gasteiger partial charge in [-0.15, -0.1) is 0 Å². The number of anilines is 1. The number of para-hydroxylation sites is 1. The van der Waals surface area contributed by atoms with E-state index in [2.05, 4.69) is 5.32 Å². The molecule has 0 saturated heterocycles. The summed E-state index contributed by atoms with van der Waals surface area (Å²) >= 11 is 0. The second kappa shape index (κ2) is 9.74. The standard InChI is InChI=1S/C26H24N2O6/c1-33-21-12-7-13-22(34-2)23(21)28(15-16-8-3-4-9-16)26(32)25(31)27-19-14-20(29)17-10-5-6-11-18(17)24(19)30/h5-8,10-14H,3-4,9,15H2,1-2H3,(H,27,31). The highest BCUT2D eigenvalue weighted by Gasteiger charge is 2.32. The molecule has 0 heterocycles. The number of methoxy groups -OCH3 is 2. The van der Waals surface area contributed by atoms with Gasteiger partial charge in [0.05, 0.1) is 19.9 Å². The fourth-order valence-corrected chi connectivity index (χ4v) is 4.14. The molecule has 0 aliphatic heterocycles. The van der Waals surface area contributed by atoms with Crippen LogP contribution in [-0.4, -0.2) is 44.1 Å². The van der Waals surface area contributed by atoms with Crippen LogP contribution in [0.1, 0.15) is 40.0 Å². The predicted octanol–water partition coefficient (Wildman–Crippen LogP) is 3.23. The van der Waals surface area contributed by atoms with Crippen molar-refractivity contribution in [2.45, 2.75) is 19.3 Å². The highest BCUT2D eigenvalue weighted by atomic mass is 16.5. The Bertz CT molecular complexity index is 1220. The molecule has 4 rings (SSSR count). The Hall–Kier alpha value is -4.20. The van der Waals surface area contributed by atoms with Crippen molar-refractivity contribution >= 4 is 29.1 Å². The van der Waals surface area contributed by atoms with E-state index in [1.807, 2.05) is 6.08 Å². The van der Waals surface area contributed by atoms with Gasteiger partial charge in [0.25, 0.3) is 0 Å². The third-order valence-corrected chi connectivity index (χ3v) is 5.81. The van der Waals surface area contributed by atoms with E-state index in [-0.39, 0.29) is 23.4 Å². The molecule has 0 aromatic heterocycles. The van der Waals surface area contributed by atoms with E-state index in [1.54, 1.807) is 36.4 Å². The van der Waals surface area contributed by atoms with E-state index in [0.717, 1.165) is 30.9 Å². The molecule has 8 nitrogen and oxygen atoms in total. The van der Waals surface area contributed by atoms with Gasteiger partial charge in [-0.05, 0) is 31.4 Å². The third kappa shape index (κ3) is 4.34. The molecule has 1 N–H and O–H groups in total. The van der Waals surface area contributed by atoms with Crippen LogP contribution in [0.25, 0.3) is 0 Å². The summed E-state index contributed by atoms with van der Waals surface area (Å²) < 4.78 is 10.9. The average Bonchev–Trinajstić information content (AvgIpc) is 3.38. The smallest absolute Gasteiger partial charge is 0.317 e. The summed E-state index contributed by atoms with van der Waals surface area (Å²) in [6.07, 6.45) is 5.76. The highest BCUT2D eigenvalue weighted by molar-refractivity contribution is 6.42. The van der Waals surface area contributed by atoms with Crippen molar-refractivity contribution in [2.24, 2.45) is 0 Å². The monoisotopic (exact) mass is 460 g/mol. The van der Waals surface area contributed by atoms with E-state index < -0.39 is 23.4 Å². The summed E-state index contributed by atoms with van der Waals surface area (Å²) in [7, 11) is 2.93. The van der Waals surface area contributed by atoms with Crippen LogP contribution in [0, 0.1) is 0 Å². The zero-order valence-corrected chi connectivity index (χ0v) is 18.9. The lowest BCUT2D eigenvalue weighted by Crippen LogP contribution is -2.45. The normalized spacial score (nSPS) is 14.6. The number of amides is 2. The quantitative estimate of drug-likeness (QED) is 0.525. The van der Waals surface area contributed by atoms with Crippen molar-refractivity contribution in [3.8, 4) is 11.5 Å². The van der Waals surface area contributed by atoms with Crippen LogP contribution in [0.15, 0.2) is 65.9 Å². The number of rotatable bonds is 6. The molecule has 0 unspecified atom stereocenters. The number of allylic oxidation sites excluding steroid dienone is 3. The number of carbonyl (C=O) groups excluding carboxylic acids is 4. The molecule has 2 aromatic rings. The minimum absolute atomic E-state index is 0.164. The second-order valence-corrected chi connectivity index (χ2v) is 7.91. The molecule has 0 spiro atoms. The zero-order chi connectivity index (χ0) is 24.2. The Morgan fingerprint density at radius 1 is 0.971 bits per heavy atom. The molecule has 2 aliphatic rings. The summed E-state index contributed by atoms with van der Waals surface area (Å²) in [4.78, 5) is 53.0. The fraction of sp³-hybridized carbons (Fsp3) is 0.231. The predicted molar refractivity (Wildman–Crippen MR) is 125 cm³/mol. The number of hydrogen-bond acceptors (Lipinski definition) is 6. The summed E-state index contributed by atoms with van der Waals surface area (Å²) in [5.41, 5.74) is 1.51. The van der Waals surface area contributed by atoms with Gasteiger partial charge in [-0.1, -0.05) is 42.0 Å². The topological polar surface area (TPSA) is 102 Å². The number of benzene rings is 2. The lowest BCUT2D eigenvalue weighted by Gasteiger charge is -2.26. The maximum atomic E-state index is 13.4. The Labute approximate surface area is 196 Å². The zero-order valence-electron chi connectivity index (χ0n) is 18.9. The van der Waals surface area contributed by atoms with Crippen molar-refractivity contribution < 1.29 is 28.7 Å². The SMILES string of the molecule is COc1cccc(OC)c1N(CC1=CCCC1)C(=O)C(=O)NC1=CC(=O)c2ccccc2C1=O. The number of hydrogen-bond donors (Lipinski definition) is 1. The van der Waals surface area contributed by atoms with Gasteiger partial charge >= 0.3 is 11.8 Å². The third-order valence-electron chi connectivity index (χ3n) is 5.81. The Morgan fingerprint density at radius 2 is 1.65 bits per heavy atom. The molecule has 0 atom stereocenters. The van der Waals surface area contributed by atoms with Gasteiger partial charge in [-0.25, -0.2) is 0 Å². The first-order valence-electron chi connectivity index (χ1n) is 10.9. The summed E-state index contributed by atoms with van der Waals surface area (Å²) in [5, 5.41) is 2.35. The lowest BCUT2D eigenvalue weighted by molar-refractivity contribution is -0.137. The molecule has 174 valence electrons. The molecule has 2 aromatic carbocycles. The van der Waals surface area contributed by atoms with Crippen molar-refractivity contribution in [2.75, 3.05) is 25.7 Å². The fourth-order valence-electron chi connectivity index (χ4n) is 4.14. The van der Waals surface area contributed by atoms with Crippen molar-refractivity contribution in [1.82, 2.24) is 5.32 Å². The van der Waals surface area contributed by atoms with Gasteiger partial charge in [0.15, 0.2) is 5.78 Å². The van der Waals surface area contributed by atoms with Crippen LogP contribution in [0.5, 0.6) is 11.5 Å². The number of ketones is 2. The number of nitrogens with zero attached hydrogens (tertiary/aromatic N) is 1. The summed E-state index contributed by atoms with van der Waals surface area (Å²) in [5.74, 6) is -2.19. The largest absolute Gasteiger partial charge is 0.494 e. The molecule has 34 heavy (non-hydrogen) atoms. The van der Waals surface area contributed by atoms with Gasteiger partial charge < -0.3 is 14.8 Å². The van der Waals surface area contributed by atoms with Gasteiger partial charge in [0.2, 0.25) is 5.78 Å². The van der Waals surface area contributed by atoms with Gasteiger partial charge in [0, 0.05) is 23.7 Å². The molecule has 2 aliphatic carbocycles. The Kier molecular flexibility index (Phi) is 6.58. The van der Waals surface area contributed by atoms with Crippen molar-refractivity contribution in [3.05, 3.63) is 77.0 Å². The number of ether oxygens (including phenoxy) is 2. The Balaban J connectivity index is 1.66. The molecule has 0 bridgehead atoms. The summed E-state index contributed by atoms with van der Waals surface area (Å²) in [6, 6.07) is 11.4. The minimum Gasteiger partial charge on any atom is -0.494 e. The van der Waals surface area contributed by atoms with E-state index in [4.69, 9.17) is 9.47 Å². The molecular weight excluding hydrogens is 436 g/mol. The Morgan fingerprint density at radius 3 is 2.26 bits per heavy atom. The van der Waals surface area contributed by atoms with Crippen LogP contribution < -0.4 is 19.7 Å². The summed E-state index contributed by atoms with van der Waals surface area (Å²) in [6.45, 7) is 0.164. The molecule has 2 amide bonds. The lowest BCUT2D eigenvalue weighted by atomic mass is 9.93. The van der Waals surface area contributed by atoms with Gasteiger partial charge in [-0.2, -0.15) is 0 Å². The van der Waals surface area contributed by atoms with Crippen LogP contribution in [0.3, 0.4) is 0 Å². The van der Waals surface area contributed by atoms with Crippen LogP contribution >= 0.6 is 0 Å². The van der Waals surface area contributed by atoms with Gasteiger partial charge in [0.1, 0.15) is 17.2 Å².